The molecule has 0 aliphatic rings. The van der Waals surface area contributed by atoms with Crippen molar-refractivity contribution in [3.05, 3.63) is 94.5 Å². The van der Waals surface area contributed by atoms with Gasteiger partial charge in [-0.2, -0.15) is 0 Å². The van der Waals surface area contributed by atoms with Gasteiger partial charge in [-0.05, 0) is 66.1 Å². The molecule has 4 rings (SSSR count). The fourth-order valence-corrected chi connectivity index (χ4v) is 4.12. The number of thiophene rings is 1. The van der Waals surface area contributed by atoms with Crippen molar-refractivity contribution in [2.75, 3.05) is 0 Å². The Morgan fingerprint density at radius 2 is 1.43 bits per heavy atom. The summed E-state index contributed by atoms with van der Waals surface area (Å²) in [4.78, 5) is 4.48. The summed E-state index contributed by atoms with van der Waals surface area (Å²) in [6, 6.07) is 15.7. The van der Waals surface area contributed by atoms with Crippen molar-refractivity contribution < 1.29 is 0 Å². The van der Waals surface area contributed by atoms with Gasteiger partial charge >= 0.3 is 0 Å². The summed E-state index contributed by atoms with van der Waals surface area (Å²) in [5.74, 6) is 0.159. The van der Waals surface area contributed by atoms with Crippen LogP contribution in [0.3, 0.4) is 0 Å². The van der Waals surface area contributed by atoms with Crippen molar-refractivity contribution in [1.82, 2.24) is 4.98 Å². The third kappa shape index (κ3) is 4.24. The van der Waals surface area contributed by atoms with Gasteiger partial charge in [0.25, 0.3) is 0 Å². The molecular formula is C24H21N5S. The summed E-state index contributed by atoms with van der Waals surface area (Å²) in [6.45, 7) is 0. The number of H-pyrrole nitrogens is 1. The van der Waals surface area contributed by atoms with Crippen molar-refractivity contribution in [2.24, 2.45) is 11.5 Å². The van der Waals surface area contributed by atoms with E-state index < -0.39 is 0 Å². The van der Waals surface area contributed by atoms with E-state index in [0.29, 0.717) is 0 Å². The normalized spacial score (nSPS) is 12.1. The van der Waals surface area contributed by atoms with Gasteiger partial charge in [-0.3, -0.25) is 10.8 Å². The van der Waals surface area contributed by atoms with Crippen molar-refractivity contribution >= 4 is 56.1 Å². The number of allylic oxidation sites excluding steroid dienone is 4. The Morgan fingerprint density at radius 1 is 0.767 bits per heavy atom. The molecule has 0 amide bonds. The number of amidine groups is 2. The highest BCUT2D eigenvalue weighted by molar-refractivity contribution is 7.19. The molecule has 5 nitrogen and oxygen atoms in total. The summed E-state index contributed by atoms with van der Waals surface area (Å²) in [6.07, 6.45) is 12.0. The number of nitrogens with one attached hydrogen (secondary N) is 3. The molecule has 0 radical (unpaired) electrons. The summed E-state index contributed by atoms with van der Waals surface area (Å²) >= 11 is 1.70. The minimum absolute atomic E-state index is 0.0721. The van der Waals surface area contributed by atoms with Crippen LogP contribution in [0.15, 0.2) is 72.8 Å². The van der Waals surface area contributed by atoms with E-state index in [2.05, 4.69) is 17.1 Å². The Balaban J connectivity index is 1.42. The Kier molecular flexibility index (Phi) is 5.32. The van der Waals surface area contributed by atoms with Gasteiger partial charge in [0.2, 0.25) is 0 Å². The van der Waals surface area contributed by atoms with E-state index in [1.165, 1.54) is 4.70 Å². The van der Waals surface area contributed by atoms with Crippen LogP contribution in [0, 0.1) is 10.8 Å². The first-order valence-corrected chi connectivity index (χ1v) is 10.2. The van der Waals surface area contributed by atoms with Crippen molar-refractivity contribution in [2.45, 2.75) is 0 Å². The molecule has 2 heterocycles. The molecule has 4 aromatic rings. The molecule has 30 heavy (non-hydrogen) atoms. The monoisotopic (exact) mass is 411 g/mol. The van der Waals surface area contributed by atoms with Gasteiger partial charge in [0.1, 0.15) is 11.7 Å². The molecule has 0 saturated carbocycles. The number of aromatic nitrogens is 1. The predicted octanol–water partition coefficient (Wildman–Crippen LogP) is 5.23. The van der Waals surface area contributed by atoms with Gasteiger partial charge in [0.15, 0.2) is 0 Å². The topological polar surface area (TPSA) is 116 Å². The second-order valence-electron chi connectivity index (χ2n) is 6.86. The van der Waals surface area contributed by atoms with E-state index in [1.54, 1.807) is 11.3 Å². The molecule has 2 aromatic heterocycles. The van der Waals surface area contributed by atoms with Gasteiger partial charge in [-0.25, -0.2) is 0 Å². The van der Waals surface area contributed by atoms with E-state index in [0.717, 1.165) is 38.0 Å². The summed E-state index contributed by atoms with van der Waals surface area (Å²) < 4.78 is 1.18. The number of fused-ring (bicyclic) bond motifs is 2. The highest BCUT2D eigenvalue weighted by atomic mass is 32.1. The van der Waals surface area contributed by atoms with E-state index in [4.69, 9.17) is 22.3 Å². The summed E-state index contributed by atoms with van der Waals surface area (Å²) in [7, 11) is 0. The lowest BCUT2D eigenvalue weighted by Gasteiger charge is -1.96. The third-order valence-electron chi connectivity index (χ3n) is 4.67. The minimum atomic E-state index is 0.0721. The second kappa shape index (κ2) is 8.23. The first-order chi connectivity index (χ1) is 14.5. The summed E-state index contributed by atoms with van der Waals surface area (Å²) in [5, 5.41) is 17.2. The molecule has 0 spiro atoms. The number of benzene rings is 2. The van der Waals surface area contributed by atoms with E-state index in [-0.39, 0.29) is 11.7 Å². The van der Waals surface area contributed by atoms with Crippen molar-refractivity contribution in [3.8, 4) is 0 Å². The zero-order chi connectivity index (χ0) is 21.1. The maximum atomic E-state index is 7.55. The average Bonchev–Trinajstić information content (AvgIpc) is 3.32. The molecule has 0 fully saturated rings. The van der Waals surface area contributed by atoms with Crippen LogP contribution in [0.4, 0.5) is 0 Å². The maximum Gasteiger partial charge on any atom is 0.122 e. The number of aromatic amines is 1. The first kappa shape index (κ1) is 19.4. The van der Waals surface area contributed by atoms with Crippen LogP contribution >= 0.6 is 11.3 Å². The minimum Gasteiger partial charge on any atom is -0.384 e. The maximum absolute atomic E-state index is 7.55. The molecule has 7 N–H and O–H groups in total. The predicted molar refractivity (Wildman–Crippen MR) is 129 cm³/mol. The molecule has 6 heteroatoms. The molecule has 0 unspecified atom stereocenters. The SMILES string of the molecule is N=C(N)c1ccc2[nH]c(/C=C/C=C/C=C/c3cc4cc(C(=N)N)ccc4s3)cc2c1. The fraction of sp³-hybridized carbons (Fsp3) is 0. The number of nitrogens with two attached hydrogens (primary N) is 2. The van der Waals surface area contributed by atoms with Gasteiger partial charge in [-0.15, -0.1) is 11.3 Å². The van der Waals surface area contributed by atoms with Crippen LogP contribution in [0.25, 0.3) is 33.1 Å². The van der Waals surface area contributed by atoms with Crippen LogP contribution < -0.4 is 11.5 Å². The molecule has 0 aliphatic heterocycles. The highest BCUT2D eigenvalue weighted by Crippen LogP contribution is 2.27. The molecule has 148 valence electrons. The number of hydrogen-bond donors (Lipinski definition) is 5. The highest BCUT2D eigenvalue weighted by Gasteiger charge is 2.03. The molecule has 2 aromatic carbocycles. The van der Waals surface area contributed by atoms with E-state index >= 15 is 0 Å². The zero-order valence-electron chi connectivity index (χ0n) is 16.1. The molecule has 0 saturated heterocycles. The van der Waals surface area contributed by atoms with Gasteiger partial charge in [-0.1, -0.05) is 24.3 Å². The van der Waals surface area contributed by atoms with Crippen LogP contribution in [0.2, 0.25) is 0 Å². The van der Waals surface area contributed by atoms with Crippen LogP contribution in [0.5, 0.6) is 0 Å². The largest absolute Gasteiger partial charge is 0.384 e. The Hall–Kier alpha value is -3.90. The Bertz CT molecular complexity index is 1250. The van der Waals surface area contributed by atoms with Crippen molar-refractivity contribution in [3.63, 3.8) is 0 Å². The van der Waals surface area contributed by atoms with E-state index in [9.17, 15) is 0 Å². The number of hydrogen-bond acceptors (Lipinski definition) is 3. The van der Waals surface area contributed by atoms with Crippen molar-refractivity contribution in [1.29, 1.82) is 10.8 Å². The lowest BCUT2D eigenvalue weighted by Crippen LogP contribution is -2.10. The smallest absolute Gasteiger partial charge is 0.122 e. The summed E-state index contributed by atoms with van der Waals surface area (Å²) in [5.41, 5.74) is 14.6. The fourth-order valence-electron chi connectivity index (χ4n) is 3.16. The standard InChI is InChI=1S/C24H21N5S/c25-23(26)15-7-9-21-17(11-15)13-19(29-21)5-3-1-2-4-6-20-14-18-12-16(24(27)28)8-10-22(18)30-20/h1-14,29H,(H3,25,26)(H3,27,28)/b2-1+,5-3+,6-4+. The quantitative estimate of drug-likeness (QED) is 0.170. The van der Waals surface area contributed by atoms with Crippen LogP contribution in [-0.4, -0.2) is 16.7 Å². The van der Waals surface area contributed by atoms with Gasteiger partial charge in [0.05, 0.1) is 0 Å². The zero-order valence-corrected chi connectivity index (χ0v) is 17.0. The Labute approximate surface area is 178 Å². The molecule has 0 atom stereocenters. The molecule has 0 bridgehead atoms. The lowest BCUT2D eigenvalue weighted by molar-refractivity contribution is 1.42. The first-order valence-electron chi connectivity index (χ1n) is 9.36. The lowest BCUT2D eigenvalue weighted by atomic mass is 10.1. The van der Waals surface area contributed by atoms with Crippen LogP contribution in [0.1, 0.15) is 21.7 Å². The third-order valence-corrected chi connectivity index (χ3v) is 5.75. The average molecular weight is 412 g/mol. The van der Waals surface area contributed by atoms with E-state index in [1.807, 2.05) is 72.8 Å². The number of rotatable bonds is 6. The van der Waals surface area contributed by atoms with Crippen LogP contribution in [-0.2, 0) is 0 Å². The molecular weight excluding hydrogens is 390 g/mol. The number of nitrogen functional groups attached to an aromatic ring is 2. The van der Waals surface area contributed by atoms with Gasteiger partial charge < -0.3 is 16.5 Å². The Morgan fingerprint density at radius 3 is 2.17 bits per heavy atom. The molecule has 0 aliphatic carbocycles. The van der Waals surface area contributed by atoms with Gasteiger partial charge in [0, 0.05) is 37.3 Å². The second-order valence-corrected chi connectivity index (χ2v) is 7.97.